The minimum Gasteiger partial charge on any atom is -0.478 e. The molecule has 122 valence electrons. The summed E-state index contributed by atoms with van der Waals surface area (Å²) in [7, 11) is 0. The zero-order valence-electron chi connectivity index (χ0n) is 13.6. The number of rotatable bonds is 6. The third-order valence-electron chi connectivity index (χ3n) is 3.75. The second-order valence-electron chi connectivity index (χ2n) is 5.80. The van der Waals surface area contributed by atoms with Crippen molar-refractivity contribution in [3.63, 3.8) is 0 Å². The Morgan fingerprint density at radius 2 is 1.87 bits per heavy atom. The smallest absolute Gasteiger partial charge is 0.339 e. The summed E-state index contributed by atoms with van der Waals surface area (Å²) in [5, 5.41) is 11.8. The summed E-state index contributed by atoms with van der Waals surface area (Å²) in [5.74, 6) is -0.508. The molecule has 1 aromatic carbocycles. The van der Waals surface area contributed by atoms with E-state index in [1.54, 1.807) is 6.92 Å². The maximum Gasteiger partial charge on any atom is 0.339 e. The minimum absolute atomic E-state index is 0.0866. The summed E-state index contributed by atoms with van der Waals surface area (Å²) in [6.07, 6.45) is 0.656. The molecule has 2 rings (SSSR count). The molecule has 1 aromatic heterocycles. The topological polar surface area (TPSA) is 79.5 Å². The minimum atomic E-state index is -1.03. The van der Waals surface area contributed by atoms with Crippen molar-refractivity contribution in [2.45, 2.75) is 33.7 Å². The van der Waals surface area contributed by atoms with Crippen molar-refractivity contribution in [3.05, 3.63) is 58.5 Å². The van der Waals surface area contributed by atoms with E-state index in [0.717, 1.165) is 5.56 Å². The molecular formula is C18H21NO4. The van der Waals surface area contributed by atoms with Crippen LogP contribution in [0.15, 0.2) is 34.7 Å². The number of amides is 1. The first-order valence-electron chi connectivity index (χ1n) is 7.52. The van der Waals surface area contributed by atoms with E-state index in [9.17, 15) is 9.59 Å². The van der Waals surface area contributed by atoms with Gasteiger partial charge >= 0.3 is 5.97 Å². The van der Waals surface area contributed by atoms with Gasteiger partial charge in [-0.25, -0.2) is 4.79 Å². The molecule has 0 aliphatic heterocycles. The van der Waals surface area contributed by atoms with Gasteiger partial charge in [-0.1, -0.05) is 36.8 Å². The van der Waals surface area contributed by atoms with E-state index < -0.39 is 5.97 Å². The fourth-order valence-corrected chi connectivity index (χ4v) is 2.36. The van der Waals surface area contributed by atoms with Crippen molar-refractivity contribution < 1.29 is 19.1 Å². The molecule has 0 aliphatic rings. The largest absolute Gasteiger partial charge is 0.478 e. The van der Waals surface area contributed by atoms with Gasteiger partial charge in [0, 0.05) is 5.92 Å². The maximum absolute atomic E-state index is 12.1. The van der Waals surface area contributed by atoms with Crippen LogP contribution in [0, 0.1) is 19.8 Å². The molecule has 2 aromatic rings. The number of furan rings is 1. The number of carbonyl (C=O) groups excluding carboxylic acids is 1. The van der Waals surface area contributed by atoms with E-state index in [1.165, 1.54) is 11.6 Å². The van der Waals surface area contributed by atoms with Crippen LogP contribution < -0.4 is 5.32 Å². The van der Waals surface area contributed by atoms with Crippen molar-refractivity contribution in [2.75, 3.05) is 0 Å². The van der Waals surface area contributed by atoms with Crippen LogP contribution in [-0.2, 0) is 17.8 Å². The van der Waals surface area contributed by atoms with E-state index in [1.807, 2.05) is 38.1 Å². The fourth-order valence-electron chi connectivity index (χ4n) is 2.36. The van der Waals surface area contributed by atoms with E-state index >= 15 is 0 Å². The Bertz CT molecular complexity index is 700. The standard InChI is InChI=1S/C18H21NO4/c1-11-4-6-14(7-5-11)8-12(2)17(20)19-10-15-9-16(18(21)22)13(3)23-15/h4-7,9,12H,8,10H2,1-3H3,(H,19,20)(H,21,22). The summed E-state index contributed by atoms with van der Waals surface area (Å²) in [6.45, 7) is 5.67. The Morgan fingerprint density at radius 1 is 1.22 bits per heavy atom. The van der Waals surface area contributed by atoms with Gasteiger partial charge in [-0.3, -0.25) is 4.79 Å². The Kier molecular flexibility index (Phi) is 5.21. The van der Waals surface area contributed by atoms with Crippen LogP contribution in [0.3, 0.4) is 0 Å². The third-order valence-corrected chi connectivity index (χ3v) is 3.75. The van der Waals surface area contributed by atoms with Crippen molar-refractivity contribution in [1.82, 2.24) is 5.32 Å². The van der Waals surface area contributed by atoms with Gasteiger partial charge in [-0.2, -0.15) is 0 Å². The highest BCUT2D eigenvalue weighted by atomic mass is 16.4. The predicted molar refractivity (Wildman–Crippen MR) is 86.3 cm³/mol. The maximum atomic E-state index is 12.1. The summed E-state index contributed by atoms with van der Waals surface area (Å²) in [6, 6.07) is 9.54. The molecule has 0 aliphatic carbocycles. The first-order valence-corrected chi connectivity index (χ1v) is 7.52. The van der Waals surface area contributed by atoms with Gasteiger partial charge in [0.2, 0.25) is 5.91 Å². The molecule has 0 bridgehead atoms. The molecule has 5 nitrogen and oxygen atoms in total. The molecule has 1 atom stereocenters. The van der Waals surface area contributed by atoms with Crippen LogP contribution in [0.2, 0.25) is 0 Å². The first kappa shape index (κ1) is 16.8. The quantitative estimate of drug-likeness (QED) is 0.858. The molecule has 0 spiro atoms. The summed E-state index contributed by atoms with van der Waals surface area (Å²) < 4.78 is 5.34. The lowest BCUT2D eigenvalue weighted by Crippen LogP contribution is -2.29. The zero-order valence-corrected chi connectivity index (χ0v) is 13.6. The molecule has 5 heteroatoms. The van der Waals surface area contributed by atoms with Crippen LogP contribution >= 0.6 is 0 Å². The average molecular weight is 315 g/mol. The van der Waals surface area contributed by atoms with Crippen LogP contribution in [0.25, 0.3) is 0 Å². The normalized spacial score (nSPS) is 12.0. The molecule has 23 heavy (non-hydrogen) atoms. The molecule has 1 unspecified atom stereocenters. The van der Waals surface area contributed by atoms with Gasteiger partial charge in [0.05, 0.1) is 6.54 Å². The molecule has 2 N–H and O–H groups in total. The summed E-state index contributed by atoms with van der Waals surface area (Å²) in [4.78, 5) is 23.1. The zero-order chi connectivity index (χ0) is 17.0. The molecule has 0 saturated heterocycles. The Balaban J connectivity index is 1.90. The lowest BCUT2D eigenvalue weighted by Gasteiger charge is -2.11. The number of aryl methyl sites for hydroxylation is 2. The number of aromatic carboxylic acids is 1. The Morgan fingerprint density at radius 3 is 2.43 bits per heavy atom. The van der Waals surface area contributed by atoms with E-state index in [2.05, 4.69) is 5.32 Å². The van der Waals surface area contributed by atoms with E-state index in [-0.39, 0.29) is 23.9 Å². The monoisotopic (exact) mass is 315 g/mol. The molecule has 0 fully saturated rings. The van der Waals surface area contributed by atoms with Crippen molar-refractivity contribution in [2.24, 2.45) is 5.92 Å². The van der Waals surface area contributed by atoms with Crippen molar-refractivity contribution >= 4 is 11.9 Å². The van der Waals surface area contributed by atoms with E-state index in [4.69, 9.17) is 9.52 Å². The number of hydrogen-bond acceptors (Lipinski definition) is 3. The molecule has 0 radical (unpaired) electrons. The lowest BCUT2D eigenvalue weighted by atomic mass is 9.99. The highest BCUT2D eigenvalue weighted by molar-refractivity contribution is 5.88. The molecule has 1 heterocycles. The highest BCUT2D eigenvalue weighted by Gasteiger charge is 2.16. The number of nitrogens with one attached hydrogen (secondary N) is 1. The second kappa shape index (κ2) is 7.13. The average Bonchev–Trinajstić information content (AvgIpc) is 2.88. The summed E-state index contributed by atoms with van der Waals surface area (Å²) in [5.41, 5.74) is 2.43. The van der Waals surface area contributed by atoms with Crippen molar-refractivity contribution in [3.8, 4) is 0 Å². The van der Waals surface area contributed by atoms with Gasteiger partial charge in [0.1, 0.15) is 17.1 Å². The van der Waals surface area contributed by atoms with Crippen LogP contribution in [-0.4, -0.2) is 17.0 Å². The Hall–Kier alpha value is -2.56. The van der Waals surface area contributed by atoms with Crippen LogP contribution in [0.4, 0.5) is 0 Å². The van der Waals surface area contributed by atoms with Gasteiger partial charge in [0.15, 0.2) is 0 Å². The first-order chi connectivity index (χ1) is 10.9. The van der Waals surface area contributed by atoms with Crippen LogP contribution in [0.1, 0.15) is 39.9 Å². The highest BCUT2D eigenvalue weighted by Crippen LogP contribution is 2.15. The second-order valence-corrected chi connectivity index (χ2v) is 5.80. The van der Waals surface area contributed by atoms with Crippen molar-refractivity contribution in [1.29, 1.82) is 0 Å². The molecular weight excluding hydrogens is 294 g/mol. The molecule has 1 amide bonds. The Labute approximate surface area is 135 Å². The van der Waals surface area contributed by atoms with Gasteiger partial charge < -0.3 is 14.8 Å². The number of carboxylic acids is 1. The summed E-state index contributed by atoms with van der Waals surface area (Å²) >= 11 is 0. The van der Waals surface area contributed by atoms with Gasteiger partial charge in [-0.05, 0) is 31.9 Å². The number of benzene rings is 1. The van der Waals surface area contributed by atoms with E-state index in [0.29, 0.717) is 17.9 Å². The fraction of sp³-hybridized carbons (Fsp3) is 0.333. The number of carboxylic acid groups (broad SMARTS) is 1. The molecule has 0 saturated carbocycles. The predicted octanol–water partition coefficient (Wildman–Crippen LogP) is 3.09. The van der Waals surface area contributed by atoms with Gasteiger partial charge in [0.25, 0.3) is 0 Å². The third kappa shape index (κ3) is 4.45. The van der Waals surface area contributed by atoms with Crippen LogP contribution in [0.5, 0.6) is 0 Å². The number of hydrogen-bond donors (Lipinski definition) is 2. The SMILES string of the molecule is Cc1ccc(CC(C)C(=O)NCc2cc(C(=O)O)c(C)o2)cc1. The number of carbonyl (C=O) groups is 2. The van der Waals surface area contributed by atoms with Gasteiger partial charge in [-0.15, -0.1) is 0 Å². The lowest BCUT2D eigenvalue weighted by molar-refractivity contribution is -0.124.